The molecule has 3 nitrogen and oxygen atoms in total. The monoisotopic (exact) mass is 499 g/mol. The maximum atomic E-state index is 4.73. The molecule has 0 radical (unpaired) electrons. The molecule has 0 aliphatic carbocycles. The zero-order valence-electron chi connectivity index (χ0n) is 21.5. The van der Waals surface area contributed by atoms with Gasteiger partial charge in [-0.1, -0.05) is 72.8 Å². The molecule has 0 aliphatic rings. The zero-order chi connectivity index (χ0) is 26.2. The molecule has 0 atom stereocenters. The first kappa shape index (κ1) is 23.0. The summed E-state index contributed by atoms with van der Waals surface area (Å²) in [6, 6.07) is 38.2. The molecule has 7 aromatic rings. The average Bonchev–Trinajstić information content (AvgIpc) is 3.01. The molecular formula is C36H25N3. The SMILES string of the molecule is Cc1c(-c2cccc(-c3ccccn3)c2)cncc1-c1cc2ncccc2c2ccc(-c3ccccc3)cc12. The lowest BCUT2D eigenvalue weighted by Gasteiger charge is -2.16. The first-order valence-electron chi connectivity index (χ1n) is 13.1. The summed E-state index contributed by atoms with van der Waals surface area (Å²) in [7, 11) is 0. The van der Waals surface area contributed by atoms with E-state index in [0.717, 1.165) is 44.4 Å². The van der Waals surface area contributed by atoms with Crippen molar-refractivity contribution in [2.75, 3.05) is 0 Å². The van der Waals surface area contributed by atoms with E-state index in [1.54, 1.807) is 0 Å². The molecule has 0 unspecified atom stereocenters. The van der Waals surface area contributed by atoms with Crippen LogP contribution in [0.3, 0.4) is 0 Å². The molecule has 0 aliphatic heterocycles. The van der Waals surface area contributed by atoms with Crippen LogP contribution in [-0.4, -0.2) is 15.0 Å². The highest BCUT2D eigenvalue weighted by atomic mass is 14.7. The fourth-order valence-electron chi connectivity index (χ4n) is 5.48. The minimum Gasteiger partial charge on any atom is -0.263 e. The number of nitrogens with zero attached hydrogens (tertiary/aromatic N) is 3. The normalized spacial score (nSPS) is 11.2. The summed E-state index contributed by atoms with van der Waals surface area (Å²) < 4.78 is 0. The number of fused-ring (bicyclic) bond motifs is 3. The molecule has 0 saturated carbocycles. The number of aromatic nitrogens is 3. The summed E-state index contributed by atoms with van der Waals surface area (Å²) in [5.74, 6) is 0. The van der Waals surface area contributed by atoms with Gasteiger partial charge in [0.15, 0.2) is 0 Å². The Morgan fingerprint density at radius 3 is 2.13 bits per heavy atom. The molecule has 39 heavy (non-hydrogen) atoms. The topological polar surface area (TPSA) is 38.7 Å². The molecule has 0 N–H and O–H groups in total. The maximum absolute atomic E-state index is 4.73. The molecule has 7 rings (SSSR count). The van der Waals surface area contributed by atoms with Crippen LogP contribution >= 0.6 is 0 Å². The van der Waals surface area contributed by atoms with Crippen molar-refractivity contribution in [1.29, 1.82) is 0 Å². The third-order valence-electron chi connectivity index (χ3n) is 7.47. The van der Waals surface area contributed by atoms with Gasteiger partial charge in [0.05, 0.1) is 11.2 Å². The van der Waals surface area contributed by atoms with Crippen LogP contribution in [0.4, 0.5) is 0 Å². The van der Waals surface area contributed by atoms with Crippen molar-refractivity contribution in [3.05, 3.63) is 140 Å². The quantitative estimate of drug-likeness (QED) is 0.227. The van der Waals surface area contributed by atoms with Crippen LogP contribution in [0.5, 0.6) is 0 Å². The second-order valence-corrected chi connectivity index (χ2v) is 9.78. The minimum atomic E-state index is 0.959. The average molecular weight is 500 g/mol. The summed E-state index contributed by atoms with van der Waals surface area (Å²) >= 11 is 0. The highest BCUT2D eigenvalue weighted by molar-refractivity contribution is 6.14. The lowest BCUT2D eigenvalue weighted by Crippen LogP contribution is -1.94. The number of pyridine rings is 3. The lowest BCUT2D eigenvalue weighted by atomic mass is 9.89. The van der Waals surface area contributed by atoms with Crippen molar-refractivity contribution in [2.45, 2.75) is 6.92 Å². The first-order valence-corrected chi connectivity index (χ1v) is 13.1. The van der Waals surface area contributed by atoms with E-state index in [0.29, 0.717) is 0 Å². The van der Waals surface area contributed by atoms with Gasteiger partial charge in [-0.25, -0.2) is 0 Å². The van der Waals surface area contributed by atoms with Gasteiger partial charge < -0.3 is 0 Å². The zero-order valence-corrected chi connectivity index (χ0v) is 21.5. The van der Waals surface area contributed by atoms with Crippen molar-refractivity contribution in [3.63, 3.8) is 0 Å². The summed E-state index contributed by atoms with van der Waals surface area (Å²) in [6.07, 6.45) is 7.65. The summed E-state index contributed by atoms with van der Waals surface area (Å²) in [5.41, 5.74) is 11.1. The fourth-order valence-corrected chi connectivity index (χ4v) is 5.48. The van der Waals surface area contributed by atoms with Gasteiger partial charge in [-0.3, -0.25) is 15.0 Å². The minimum absolute atomic E-state index is 0.959. The van der Waals surface area contributed by atoms with E-state index in [1.165, 1.54) is 27.5 Å². The van der Waals surface area contributed by atoms with E-state index < -0.39 is 0 Å². The van der Waals surface area contributed by atoms with Crippen LogP contribution in [0.15, 0.2) is 134 Å². The Bertz CT molecular complexity index is 1960. The van der Waals surface area contributed by atoms with Crippen LogP contribution in [0.1, 0.15) is 5.56 Å². The molecule has 184 valence electrons. The Morgan fingerprint density at radius 1 is 0.462 bits per heavy atom. The highest BCUT2D eigenvalue weighted by Gasteiger charge is 2.15. The van der Waals surface area contributed by atoms with Crippen molar-refractivity contribution < 1.29 is 0 Å². The Kier molecular flexibility index (Phi) is 5.68. The number of hydrogen-bond acceptors (Lipinski definition) is 3. The Morgan fingerprint density at radius 2 is 1.26 bits per heavy atom. The summed E-state index contributed by atoms with van der Waals surface area (Å²) in [6.45, 7) is 2.19. The van der Waals surface area contributed by atoms with Gasteiger partial charge >= 0.3 is 0 Å². The standard InChI is InChI=1S/C36H25N3/c1-24-33(27-11-7-12-28(19-27)35-14-5-6-17-38-35)22-37-23-34(24)32-21-36-30(13-8-18-39-36)29-16-15-26(20-31(29)32)25-9-3-2-4-10-25/h2-23H,1H3. The predicted octanol–water partition coefficient (Wildman–Crippen LogP) is 9.15. The lowest BCUT2D eigenvalue weighted by molar-refractivity contribution is 1.29. The smallest absolute Gasteiger partial charge is 0.0714 e. The third kappa shape index (κ3) is 4.14. The van der Waals surface area contributed by atoms with Crippen LogP contribution in [-0.2, 0) is 0 Å². The Hall–Kier alpha value is -5.15. The van der Waals surface area contributed by atoms with E-state index in [-0.39, 0.29) is 0 Å². The molecule has 0 fully saturated rings. The van der Waals surface area contributed by atoms with E-state index in [4.69, 9.17) is 9.97 Å². The van der Waals surface area contributed by atoms with Gasteiger partial charge in [-0.2, -0.15) is 0 Å². The van der Waals surface area contributed by atoms with Gasteiger partial charge in [0, 0.05) is 46.9 Å². The summed E-state index contributed by atoms with van der Waals surface area (Å²) in [5, 5.41) is 3.54. The van der Waals surface area contributed by atoms with E-state index in [9.17, 15) is 0 Å². The Labute approximate surface area is 227 Å². The molecule has 0 spiro atoms. The molecule has 0 bridgehead atoms. The number of benzene rings is 4. The number of hydrogen-bond donors (Lipinski definition) is 0. The van der Waals surface area contributed by atoms with Gasteiger partial charge in [-0.15, -0.1) is 0 Å². The van der Waals surface area contributed by atoms with Gasteiger partial charge in [-0.05, 0) is 81.9 Å². The molecule has 4 aromatic carbocycles. The van der Waals surface area contributed by atoms with Crippen LogP contribution in [0.25, 0.3) is 66.3 Å². The molecule has 0 saturated heterocycles. The van der Waals surface area contributed by atoms with E-state index >= 15 is 0 Å². The van der Waals surface area contributed by atoms with Gasteiger partial charge in [0.1, 0.15) is 0 Å². The van der Waals surface area contributed by atoms with E-state index in [1.807, 2.05) is 49.1 Å². The van der Waals surface area contributed by atoms with Crippen LogP contribution in [0.2, 0.25) is 0 Å². The van der Waals surface area contributed by atoms with Gasteiger partial charge in [0.25, 0.3) is 0 Å². The fraction of sp³-hybridized carbons (Fsp3) is 0.0278. The molecular weight excluding hydrogens is 474 g/mol. The molecule has 3 heterocycles. The van der Waals surface area contributed by atoms with Crippen molar-refractivity contribution in [1.82, 2.24) is 15.0 Å². The van der Waals surface area contributed by atoms with Crippen molar-refractivity contribution >= 4 is 21.7 Å². The largest absolute Gasteiger partial charge is 0.263 e. The second kappa shape index (κ2) is 9.62. The number of rotatable bonds is 4. The Balaban J connectivity index is 1.45. The summed E-state index contributed by atoms with van der Waals surface area (Å²) in [4.78, 5) is 14.0. The van der Waals surface area contributed by atoms with Crippen LogP contribution in [0, 0.1) is 6.92 Å². The second-order valence-electron chi connectivity index (χ2n) is 9.78. The predicted molar refractivity (Wildman–Crippen MR) is 161 cm³/mol. The molecule has 0 amide bonds. The highest BCUT2D eigenvalue weighted by Crippen LogP contribution is 2.40. The molecule has 3 heteroatoms. The van der Waals surface area contributed by atoms with E-state index in [2.05, 4.69) is 96.8 Å². The maximum Gasteiger partial charge on any atom is 0.0714 e. The third-order valence-corrected chi connectivity index (χ3v) is 7.47. The first-order chi connectivity index (χ1) is 19.3. The van der Waals surface area contributed by atoms with Gasteiger partial charge in [0.2, 0.25) is 0 Å². The van der Waals surface area contributed by atoms with Crippen molar-refractivity contribution in [3.8, 4) is 44.6 Å². The molecule has 3 aromatic heterocycles. The van der Waals surface area contributed by atoms with Crippen LogP contribution < -0.4 is 0 Å². The van der Waals surface area contributed by atoms with Crippen molar-refractivity contribution in [2.24, 2.45) is 0 Å².